The first-order valence-corrected chi connectivity index (χ1v) is 12.4. The van der Waals surface area contributed by atoms with Gasteiger partial charge in [0.1, 0.15) is 0 Å². The normalized spacial score (nSPS) is 17.9. The Bertz CT molecular complexity index is 910. The standard InChI is InChI=1S/C27H37N5O.HI/c1-2-28-27(30-24-15-18-31(19-16-24)21-23-8-4-3-5-9-23)29-20-22-11-13-25(14-12-22)32-17-7-6-10-26(32)33;/h3-5,8-9,11-14,24H,2,6-7,10,15-21H2,1H3,(H2,28,29,30);1H. The Labute approximate surface area is 221 Å². The lowest BCUT2D eigenvalue weighted by molar-refractivity contribution is -0.119. The Morgan fingerprint density at radius 2 is 1.71 bits per heavy atom. The molecular weight excluding hydrogens is 537 g/mol. The van der Waals surface area contributed by atoms with Gasteiger partial charge in [-0.1, -0.05) is 42.5 Å². The van der Waals surface area contributed by atoms with Crippen molar-refractivity contribution in [2.45, 2.75) is 58.2 Å². The summed E-state index contributed by atoms with van der Waals surface area (Å²) in [6.07, 6.45) is 5.00. The SMILES string of the molecule is CCNC(=NCc1ccc(N2CCCCC2=O)cc1)NC1CCN(Cc2ccccc2)CC1.I. The molecule has 0 aliphatic carbocycles. The van der Waals surface area contributed by atoms with Crippen LogP contribution in [0, 0.1) is 0 Å². The molecule has 2 heterocycles. The zero-order valence-corrected chi connectivity index (χ0v) is 22.5. The summed E-state index contributed by atoms with van der Waals surface area (Å²) in [5, 5.41) is 7.03. The number of benzene rings is 2. The fourth-order valence-corrected chi connectivity index (χ4v) is 4.62. The van der Waals surface area contributed by atoms with Crippen LogP contribution >= 0.6 is 24.0 Å². The van der Waals surface area contributed by atoms with Crippen LogP contribution in [0.2, 0.25) is 0 Å². The van der Waals surface area contributed by atoms with Gasteiger partial charge < -0.3 is 15.5 Å². The number of likely N-dealkylation sites (tertiary alicyclic amines) is 1. The van der Waals surface area contributed by atoms with Crippen molar-refractivity contribution >= 4 is 41.5 Å². The molecule has 6 nitrogen and oxygen atoms in total. The van der Waals surface area contributed by atoms with Crippen LogP contribution in [0.3, 0.4) is 0 Å². The average Bonchev–Trinajstić information content (AvgIpc) is 2.85. The minimum absolute atomic E-state index is 0. The third-order valence-electron chi connectivity index (χ3n) is 6.51. The fraction of sp³-hybridized carbons (Fsp3) is 0.481. The van der Waals surface area contributed by atoms with E-state index >= 15 is 0 Å². The summed E-state index contributed by atoms with van der Waals surface area (Å²) in [5.41, 5.74) is 3.53. The van der Waals surface area contributed by atoms with Crippen LogP contribution in [0.4, 0.5) is 5.69 Å². The number of amides is 1. The Hall–Kier alpha value is -2.13. The number of piperidine rings is 2. The smallest absolute Gasteiger partial charge is 0.226 e. The van der Waals surface area contributed by atoms with E-state index in [4.69, 9.17) is 4.99 Å². The van der Waals surface area contributed by atoms with Crippen LogP contribution in [0.1, 0.15) is 50.2 Å². The molecule has 0 aromatic heterocycles. The van der Waals surface area contributed by atoms with E-state index in [1.165, 1.54) is 5.56 Å². The van der Waals surface area contributed by atoms with Crippen LogP contribution in [0.25, 0.3) is 0 Å². The third kappa shape index (κ3) is 7.70. The van der Waals surface area contributed by atoms with Crippen molar-refractivity contribution in [3.8, 4) is 0 Å². The van der Waals surface area contributed by atoms with Gasteiger partial charge in [-0.05, 0) is 55.9 Å². The molecule has 0 saturated carbocycles. The highest BCUT2D eigenvalue weighted by atomic mass is 127. The molecule has 2 aromatic rings. The van der Waals surface area contributed by atoms with E-state index in [2.05, 4.69) is 77.1 Å². The highest BCUT2D eigenvalue weighted by Crippen LogP contribution is 2.21. The van der Waals surface area contributed by atoms with Crippen molar-refractivity contribution in [2.75, 3.05) is 31.1 Å². The Balaban J connectivity index is 0.00000324. The maximum absolute atomic E-state index is 12.2. The average molecular weight is 576 g/mol. The quantitative estimate of drug-likeness (QED) is 0.289. The largest absolute Gasteiger partial charge is 0.357 e. The van der Waals surface area contributed by atoms with E-state index in [0.717, 1.165) is 75.6 Å². The van der Waals surface area contributed by atoms with Gasteiger partial charge in [0, 0.05) is 50.9 Å². The molecule has 7 heteroatoms. The second-order valence-electron chi connectivity index (χ2n) is 9.04. The first-order chi connectivity index (χ1) is 16.2. The number of carbonyl (C=O) groups is 1. The van der Waals surface area contributed by atoms with Crippen molar-refractivity contribution in [1.29, 1.82) is 0 Å². The second kappa shape index (κ2) is 13.7. The van der Waals surface area contributed by atoms with Gasteiger partial charge in [-0.2, -0.15) is 0 Å². The Morgan fingerprint density at radius 1 is 0.971 bits per heavy atom. The maximum Gasteiger partial charge on any atom is 0.226 e. The highest BCUT2D eigenvalue weighted by Gasteiger charge is 2.21. The molecular formula is C27H38IN5O. The molecule has 0 atom stereocenters. The van der Waals surface area contributed by atoms with Gasteiger partial charge in [-0.15, -0.1) is 24.0 Å². The summed E-state index contributed by atoms with van der Waals surface area (Å²) >= 11 is 0. The zero-order chi connectivity index (χ0) is 22.9. The van der Waals surface area contributed by atoms with Crippen molar-refractivity contribution in [3.05, 3.63) is 65.7 Å². The number of nitrogens with zero attached hydrogens (tertiary/aromatic N) is 3. The number of hydrogen-bond acceptors (Lipinski definition) is 3. The van der Waals surface area contributed by atoms with Crippen LogP contribution in [0.15, 0.2) is 59.6 Å². The molecule has 34 heavy (non-hydrogen) atoms. The predicted molar refractivity (Wildman–Crippen MR) is 151 cm³/mol. The fourth-order valence-electron chi connectivity index (χ4n) is 4.62. The minimum atomic E-state index is 0. The van der Waals surface area contributed by atoms with Gasteiger partial charge in [0.25, 0.3) is 0 Å². The Kier molecular flexibility index (Phi) is 10.7. The molecule has 2 N–H and O–H groups in total. The number of guanidine groups is 1. The summed E-state index contributed by atoms with van der Waals surface area (Å²) in [4.78, 5) is 21.4. The van der Waals surface area contributed by atoms with Gasteiger partial charge in [0.05, 0.1) is 6.54 Å². The molecule has 184 valence electrons. The topological polar surface area (TPSA) is 60.0 Å². The summed E-state index contributed by atoms with van der Waals surface area (Å²) in [5.74, 6) is 1.12. The summed E-state index contributed by atoms with van der Waals surface area (Å²) in [6.45, 7) is 7.62. The van der Waals surface area contributed by atoms with Crippen molar-refractivity contribution in [1.82, 2.24) is 15.5 Å². The van der Waals surface area contributed by atoms with Gasteiger partial charge in [-0.3, -0.25) is 9.69 Å². The molecule has 0 bridgehead atoms. The van der Waals surface area contributed by atoms with Gasteiger partial charge in [0.15, 0.2) is 5.96 Å². The molecule has 0 spiro atoms. The lowest BCUT2D eigenvalue weighted by Gasteiger charge is -2.33. The van der Waals surface area contributed by atoms with E-state index in [9.17, 15) is 4.79 Å². The number of aliphatic imine (C=N–C) groups is 1. The third-order valence-corrected chi connectivity index (χ3v) is 6.51. The molecule has 0 unspecified atom stereocenters. The van der Waals surface area contributed by atoms with Crippen LogP contribution in [-0.2, 0) is 17.9 Å². The number of anilines is 1. The van der Waals surface area contributed by atoms with Crippen LogP contribution < -0.4 is 15.5 Å². The van der Waals surface area contributed by atoms with Crippen molar-refractivity contribution in [2.24, 2.45) is 4.99 Å². The molecule has 1 amide bonds. The van der Waals surface area contributed by atoms with E-state index < -0.39 is 0 Å². The molecule has 2 aliphatic heterocycles. The van der Waals surface area contributed by atoms with Crippen molar-refractivity contribution < 1.29 is 4.79 Å². The molecule has 2 saturated heterocycles. The second-order valence-corrected chi connectivity index (χ2v) is 9.04. The number of halogens is 1. The summed E-state index contributed by atoms with van der Waals surface area (Å²) < 4.78 is 0. The number of rotatable bonds is 7. The molecule has 2 fully saturated rings. The predicted octanol–water partition coefficient (Wildman–Crippen LogP) is 4.54. The van der Waals surface area contributed by atoms with Crippen molar-refractivity contribution in [3.63, 3.8) is 0 Å². The number of carbonyl (C=O) groups excluding carboxylic acids is 1. The first kappa shape index (κ1) is 26.5. The number of hydrogen-bond donors (Lipinski definition) is 2. The molecule has 0 radical (unpaired) electrons. The molecule has 2 aromatic carbocycles. The van der Waals surface area contributed by atoms with Gasteiger partial charge >= 0.3 is 0 Å². The van der Waals surface area contributed by atoms with E-state index in [-0.39, 0.29) is 29.9 Å². The monoisotopic (exact) mass is 575 g/mol. The van der Waals surface area contributed by atoms with E-state index in [1.54, 1.807) is 0 Å². The van der Waals surface area contributed by atoms with Gasteiger partial charge in [-0.25, -0.2) is 4.99 Å². The molecule has 4 rings (SSSR count). The van der Waals surface area contributed by atoms with Crippen LogP contribution in [-0.4, -0.2) is 49.0 Å². The molecule has 2 aliphatic rings. The first-order valence-electron chi connectivity index (χ1n) is 12.4. The maximum atomic E-state index is 12.2. The van der Waals surface area contributed by atoms with E-state index in [0.29, 0.717) is 19.0 Å². The number of nitrogens with one attached hydrogen (secondary N) is 2. The Morgan fingerprint density at radius 3 is 2.38 bits per heavy atom. The van der Waals surface area contributed by atoms with Crippen LogP contribution in [0.5, 0.6) is 0 Å². The lowest BCUT2D eigenvalue weighted by Crippen LogP contribution is -2.48. The summed E-state index contributed by atoms with van der Waals surface area (Å²) in [7, 11) is 0. The summed E-state index contributed by atoms with van der Waals surface area (Å²) in [6, 6.07) is 19.4. The highest BCUT2D eigenvalue weighted by molar-refractivity contribution is 14.0. The van der Waals surface area contributed by atoms with E-state index in [1.807, 2.05) is 4.90 Å². The lowest BCUT2D eigenvalue weighted by atomic mass is 10.0. The minimum Gasteiger partial charge on any atom is -0.357 e. The van der Waals surface area contributed by atoms with Gasteiger partial charge in [0.2, 0.25) is 5.91 Å². The zero-order valence-electron chi connectivity index (χ0n) is 20.2.